The van der Waals surface area contributed by atoms with E-state index in [9.17, 15) is 9.59 Å². The van der Waals surface area contributed by atoms with Gasteiger partial charge in [-0.2, -0.15) is 0 Å². The number of fused-ring (bicyclic) bond motifs is 1. The molecule has 0 radical (unpaired) electrons. The summed E-state index contributed by atoms with van der Waals surface area (Å²) in [5.74, 6) is 0.164. The minimum absolute atomic E-state index is 0.558. The molecule has 1 aromatic rings. The Labute approximate surface area is 146 Å². The van der Waals surface area contributed by atoms with E-state index in [-0.39, 0.29) is 0 Å². The Kier molecular flexibility index (Phi) is 6.82. The topological polar surface area (TPSA) is 99.1 Å². The van der Waals surface area contributed by atoms with Crippen LogP contribution in [0.25, 0.3) is 0 Å². The van der Waals surface area contributed by atoms with Gasteiger partial charge in [0, 0.05) is 38.3 Å². The van der Waals surface area contributed by atoms with E-state index >= 15 is 0 Å². The summed E-state index contributed by atoms with van der Waals surface area (Å²) in [6.45, 7) is 7.47. The van der Waals surface area contributed by atoms with Crippen LogP contribution in [0.4, 0.5) is 5.69 Å². The highest BCUT2D eigenvalue weighted by atomic mass is 16.5. The van der Waals surface area contributed by atoms with Crippen molar-refractivity contribution >= 4 is 17.6 Å². The van der Waals surface area contributed by atoms with Crippen molar-refractivity contribution in [1.29, 1.82) is 0 Å². The van der Waals surface area contributed by atoms with Gasteiger partial charge in [0.2, 0.25) is 0 Å². The number of carboxylic acid groups (broad SMARTS) is 2. The lowest BCUT2D eigenvalue weighted by molar-refractivity contribution is -0.134. The van der Waals surface area contributed by atoms with Crippen LogP contribution in [0.3, 0.4) is 0 Å². The fourth-order valence-electron chi connectivity index (χ4n) is 3.19. The maximum Gasteiger partial charge on any atom is 0.328 e. The molecule has 0 bridgehead atoms. The van der Waals surface area contributed by atoms with E-state index in [1.165, 1.54) is 31.9 Å². The largest absolute Gasteiger partial charge is 0.492 e. The molecule has 3 rings (SSSR count). The normalized spacial score (nSPS) is 21.6. The molecule has 25 heavy (non-hydrogen) atoms. The molecule has 0 saturated carbocycles. The number of nitrogens with zero attached hydrogens (tertiary/aromatic N) is 1. The van der Waals surface area contributed by atoms with Crippen molar-refractivity contribution in [3.63, 3.8) is 0 Å². The predicted molar refractivity (Wildman–Crippen MR) is 94.1 cm³/mol. The van der Waals surface area contributed by atoms with Gasteiger partial charge < -0.3 is 25.2 Å². The lowest BCUT2D eigenvalue weighted by Gasteiger charge is -2.22. The number of hydrogen-bond acceptors (Lipinski definition) is 5. The number of carbonyl (C=O) groups is 2. The van der Waals surface area contributed by atoms with E-state index in [4.69, 9.17) is 14.9 Å². The number of para-hydroxylation sites is 2. The fourth-order valence-corrected chi connectivity index (χ4v) is 3.19. The Morgan fingerprint density at radius 3 is 2.24 bits per heavy atom. The fraction of sp³-hybridized carbons (Fsp3) is 0.444. The maximum absolute atomic E-state index is 9.55. The zero-order chi connectivity index (χ0) is 18.2. The number of ether oxygens (including phenoxy) is 1. The van der Waals surface area contributed by atoms with E-state index in [2.05, 4.69) is 28.4 Å². The molecule has 2 unspecified atom stereocenters. The standard InChI is InChI=1S/C14H20N2O.C4H4O4/c1-2-17-14-6-4-3-5-13(14)16-9-11-7-15-8-12(11)10-16;5-3(6)1-2-4(7)8/h3-6,11-12,15H,2,7-10H2,1H3;1-2H,(H,5,6)(H,7,8)/b;2-1-. The Bertz CT molecular complexity index is 604. The summed E-state index contributed by atoms with van der Waals surface area (Å²) in [4.78, 5) is 21.6. The average molecular weight is 348 g/mol. The van der Waals surface area contributed by atoms with Gasteiger partial charge >= 0.3 is 11.9 Å². The Morgan fingerprint density at radius 1 is 1.16 bits per heavy atom. The van der Waals surface area contributed by atoms with Crippen LogP contribution in [0.15, 0.2) is 36.4 Å². The number of rotatable bonds is 5. The minimum Gasteiger partial charge on any atom is -0.492 e. The van der Waals surface area contributed by atoms with Crippen LogP contribution in [-0.2, 0) is 9.59 Å². The zero-order valence-corrected chi connectivity index (χ0v) is 14.2. The third-order valence-corrected chi connectivity index (χ3v) is 4.26. The highest BCUT2D eigenvalue weighted by Crippen LogP contribution is 2.35. The number of nitrogens with one attached hydrogen (secondary N) is 1. The molecule has 2 aliphatic heterocycles. The molecular formula is C18H24N2O5. The minimum atomic E-state index is -1.26. The van der Waals surface area contributed by atoms with Crippen LogP contribution in [0.2, 0.25) is 0 Å². The van der Waals surface area contributed by atoms with Crippen molar-refractivity contribution in [2.75, 3.05) is 37.7 Å². The van der Waals surface area contributed by atoms with Crippen molar-refractivity contribution in [1.82, 2.24) is 5.32 Å². The first-order valence-corrected chi connectivity index (χ1v) is 8.32. The first kappa shape index (κ1) is 18.8. The van der Waals surface area contributed by atoms with E-state index in [1.54, 1.807) is 0 Å². The van der Waals surface area contributed by atoms with Gasteiger partial charge in [0.1, 0.15) is 5.75 Å². The van der Waals surface area contributed by atoms with E-state index in [1.807, 2.05) is 13.0 Å². The van der Waals surface area contributed by atoms with Gasteiger partial charge in [-0.25, -0.2) is 9.59 Å². The Morgan fingerprint density at radius 2 is 1.72 bits per heavy atom. The second kappa shape index (κ2) is 9.08. The molecule has 1 aromatic carbocycles. The average Bonchev–Trinajstić information content (AvgIpc) is 3.16. The molecule has 0 aliphatic carbocycles. The lowest BCUT2D eigenvalue weighted by atomic mass is 10.0. The molecule has 2 atom stereocenters. The van der Waals surface area contributed by atoms with E-state index in [0.29, 0.717) is 12.2 Å². The number of aliphatic carboxylic acids is 2. The first-order chi connectivity index (χ1) is 12.0. The Hall–Kier alpha value is -2.54. The van der Waals surface area contributed by atoms with Gasteiger partial charge in [0.15, 0.2) is 0 Å². The molecular weight excluding hydrogens is 324 g/mol. The SMILES string of the molecule is CCOc1ccccc1N1CC2CNCC2C1.O=C(O)/C=C\C(=O)O. The van der Waals surface area contributed by atoms with Gasteiger partial charge in [-0.1, -0.05) is 12.1 Å². The highest BCUT2D eigenvalue weighted by Gasteiger charge is 2.36. The molecule has 0 amide bonds. The molecule has 0 spiro atoms. The maximum atomic E-state index is 9.55. The molecule has 2 aliphatic rings. The van der Waals surface area contributed by atoms with Crippen LogP contribution >= 0.6 is 0 Å². The third kappa shape index (κ3) is 5.49. The quantitative estimate of drug-likeness (QED) is 0.693. The molecule has 3 N–H and O–H groups in total. The first-order valence-electron chi connectivity index (χ1n) is 8.32. The van der Waals surface area contributed by atoms with Crippen LogP contribution in [0.5, 0.6) is 5.75 Å². The molecule has 2 heterocycles. The second-order valence-electron chi connectivity index (χ2n) is 5.99. The van der Waals surface area contributed by atoms with Gasteiger partial charge in [-0.15, -0.1) is 0 Å². The number of carboxylic acids is 2. The van der Waals surface area contributed by atoms with Crippen molar-refractivity contribution < 1.29 is 24.5 Å². The second-order valence-corrected chi connectivity index (χ2v) is 5.99. The summed E-state index contributed by atoms with van der Waals surface area (Å²) in [5, 5.41) is 19.1. The van der Waals surface area contributed by atoms with Crippen LogP contribution in [0.1, 0.15) is 6.92 Å². The van der Waals surface area contributed by atoms with Crippen molar-refractivity contribution in [2.45, 2.75) is 6.92 Å². The monoisotopic (exact) mass is 348 g/mol. The summed E-state index contributed by atoms with van der Waals surface area (Å²) in [6.07, 6.45) is 1.12. The lowest BCUT2D eigenvalue weighted by Crippen LogP contribution is -2.25. The molecule has 0 aromatic heterocycles. The summed E-state index contributed by atoms with van der Waals surface area (Å²) < 4.78 is 5.71. The Balaban J connectivity index is 0.000000242. The molecule has 7 heteroatoms. The smallest absolute Gasteiger partial charge is 0.328 e. The zero-order valence-electron chi connectivity index (χ0n) is 14.2. The van der Waals surface area contributed by atoms with Crippen molar-refractivity contribution in [3.05, 3.63) is 36.4 Å². The summed E-state index contributed by atoms with van der Waals surface area (Å²) >= 11 is 0. The summed E-state index contributed by atoms with van der Waals surface area (Å²) in [5.41, 5.74) is 1.27. The van der Waals surface area contributed by atoms with Gasteiger partial charge in [0.25, 0.3) is 0 Å². The van der Waals surface area contributed by atoms with E-state index in [0.717, 1.165) is 24.2 Å². The third-order valence-electron chi connectivity index (χ3n) is 4.26. The van der Waals surface area contributed by atoms with Crippen LogP contribution < -0.4 is 15.0 Å². The van der Waals surface area contributed by atoms with Gasteiger partial charge in [-0.3, -0.25) is 0 Å². The molecule has 2 fully saturated rings. The number of anilines is 1. The number of hydrogen-bond donors (Lipinski definition) is 3. The predicted octanol–water partition coefficient (Wildman–Crippen LogP) is 1.45. The van der Waals surface area contributed by atoms with Gasteiger partial charge in [-0.05, 0) is 30.9 Å². The molecule has 7 nitrogen and oxygen atoms in total. The van der Waals surface area contributed by atoms with E-state index < -0.39 is 11.9 Å². The number of benzene rings is 1. The van der Waals surface area contributed by atoms with Crippen LogP contribution in [-0.4, -0.2) is 54.9 Å². The summed E-state index contributed by atoms with van der Waals surface area (Å²) in [6, 6.07) is 8.40. The van der Waals surface area contributed by atoms with Crippen molar-refractivity contribution in [2.24, 2.45) is 11.8 Å². The van der Waals surface area contributed by atoms with Crippen molar-refractivity contribution in [3.8, 4) is 5.75 Å². The summed E-state index contributed by atoms with van der Waals surface area (Å²) in [7, 11) is 0. The molecule has 2 saturated heterocycles. The highest BCUT2D eigenvalue weighted by molar-refractivity contribution is 5.89. The molecule has 136 valence electrons. The van der Waals surface area contributed by atoms with Crippen LogP contribution in [0, 0.1) is 11.8 Å². The van der Waals surface area contributed by atoms with Gasteiger partial charge in [0.05, 0.1) is 12.3 Å².